The summed E-state index contributed by atoms with van der Waals surface area (Å²) in [5, 5.41) is 13.5. The second-order valence-electron chi connectivity index (χ2n) is 5.24. The van der Waals surface area contributed by atoms with Crippen molar-refractivity contribution in [1.82, 2.24) is 5.32 Å². The quantitative estimate of drug-likeness (QED) is 0.710. The maximum absolute atomic E-state index is 9.83. The Balaban J connectivity index is 1.78. The van der Waals surface area contributed by atoms with Crippen LogP contribution >= 0.6 is 0 Å². The molecule has 0 aromatic carbocycles. The SMILES string of the molecule is C[C@@H]1CC[C@H](N[C@H]2CCCC[C@H]2O)C1. The third-order valence-corrected chi connectivity index (χ3v) is 3.87. The van der Waals surface area contributed by atoms with Gasteiger partial charge in [0.15, 0.2) is 0 Å². The third-order valence-electron chi connectivity index (χ3n) is 3.87. The summed E-state index contributed by atoms with van der Waals surface area (Å²) < 4.78 is 0. The molecule has 2 saturated carbocycles. The van der Waals surface area contributed by atoms with Gasteiger partial charge in [-0.1, -0.05) is 19.8 Å². The van der Waals surface area contributed by atoms with Crippen LogP contribution in [0.2, 0.25) is 0 Å². The molecule has 2 rings (SSSR count). The lowest BCUT2D eigenvalue weighted by Gasteiger charge is -2.31. The first kappa shape index (κ1) is 10.4. The lowest BCUT2D eigenvalue weighted by molar-refractivity contribution is 0.0850. The monoisotopic (exact) mass is 197 g/mol. The number of hydrogen-bond acceptors (Lipinski definition) is 2. The highest BCUT2D eigenvalue weighted by atomic mass is 16.3. The second kappa shape index (κ2) is 4.63. The van der Waals surface area contributed by atoms with Gasteiger partial charge in [-0.15, -0.1) is 0 Å². The average molecular weight is 197 g/mol. The molecule has 0 aromatic rings. The lowest BCUT2D eigenvalue weighted by Crippen LogP contribution is -2.46. The summed E-state index contributed by atoms with van der Waals surface area (Å²) in [6.07, 6.45) is 8.57. The van der Waals surface area contributed by atoms with E-state index in [9.17, 15) is 5.11 Å². The topological polar surface area (TPSA) is 32.3 Å². The van der Waals surface area contributed by atoms with Crippen molar-refractivity contribution in [2.24, 2.45) is 5.92 Å². The van der Waals surface area contributed by atoms with Gasteiger partial charge >= 0.3 is 0 Å². The molecular formula is C12H23NO. The van der Waals surface area contributed by atoms with Gasteiger partial charge in [-0.3, -0.25) is 0 Å². The van der Waals surface area contributed by atoms with Gasteiger partial charge in [0.2, 0.25) is 0 Å². The van der Waals surface area contributed by atoms with Gasteiger partial charge in [0.1, 0.15) is 0 Å². The molecule has 0 spiro atoms. The minimum atomic E-state index is -0.0837. The third kappa shape index (κ3) is 2.48. The van der Waals surface area contributed by atoms with Crippen molar-refractivity contribution in [2.45, 2.75) is 70.1 Å². The summed E-state index contributed by atoms with van der Waals surface area (Å²) in [5.74, 6) is 0.883. The Morgan fingerprint density at radius 1 is 1.07 bits per heavy atom. The normalized spacial score (nSPS) is 44.1. The molecule has 2 heteroatoms. The molecule has 0 saturated heterocycles. The summed E-state index contributed by atoms with van der Waals surface area (Å²) in [7, 11) is 0. The predicted octanol–water partition coefficient (Wildman–Crippen LogP) is 2.07. The van der Waals surface area contributed by atoms with Crippen LogP contribution in [-0.4, -0.2) is 23.3 Å². The van der Waals surface area contributed by atoms with E-state index in [0.29, 0.717) is 12.1 Å². The molecule has 2 N–H and O–H groups in total. The molecule has 14 heavy (non-hydrogen) atoms. The van der Waals surface area contributed by atoms with E-state index < -0.39 is 0 Å². The zero-order chi connectivity index (χ0) is 9.97. The molecule has 0 radical (unpaired) electrons. The van der Waals surface area contributed by atoms with Crippen molar-refractivity contribution in [2.75, 3.05) is 0 Å². The first-order valence-electron chi connectivity index (χ1n) is 6.20. The average Bonchev–Trinajstić information content (AvgIpc) is 2.56. The first-order chi connectivity index (χ1) is 6.75. The van der Waals surface area contributed by atoms with Gasteiger partial charge in [0, 0.05) is 12.1 Å². The summed E-state index contributed by atoms with van der Waals surface area (Å²) in [6, 6.07) is 1.07. The highest BCUT2D eigenvalue weighted by Crippen LogP contribution is 2.27. The van der Waals surface area contributed by atoms with E-state index >= 15 is 0 Å². The van der Waals surface area contributed by atoms with Crippen molar-refractivity contribution in [3.63, 3.8) is 0 Å². The van der Waals surface area contributed by atoms with Crippen LogP contribution in [0.3, 0.4) is 0 Å². The van der Waals surface area contributed by atoms with E-state index in [1.165, 1.54) is 38.5 Å². The zero-order valence-corrected chi connectivity index (χ0v) is 9.21. The maximum Gasteiger partial charge on any atom is 0.0693 e. The molecule has 0 unspecified atom stereocenters. The molecule has 4 atom stereocenters. The smallest absolute Gasteiger partial charge is 0.0693 e. The number of aliphatic hydroxyl groups is 1. The fraction of sp³-hybridized carbons (Fsp3) is 1.00. The molecular weight excluding hydrogens is 174 g/mol. The fourth-order valence-corrected chi connectivity index (χ4v) is 2.97. The van der Waals surface area contributed by atoms with Crippen molar-refractivity contribution < 1.29 is 5.11 Å². The van der Waals surface area contributed by atoms with Gasteiger partial charge < -0.3 is 10.4 Å². The molecule has 2 aliphatic carbocycles. The van der Waals surface area contributed by atoms with Crippen LogP contribution in [0.4, 0.5) is 0 Å². The van der Waals surface area contributed by atoms with Crippen LogP contribution in [0.5, 0.6) is 0 Å². The molecule has 0 amide bonds. The largest absolute Gasteiger partial charge is 0.392 e. The van der Waals surface area contributed by atoms with E-state index in [0.717, 1.165) is 12.3 Å². The zero-order valence-electron chi connectivity index (χ0n) is 9.21. The van der Waals surface area contributed by atoms with Gasteiger partial charge in [0.25, 0.3) is 0 Å². The maximum atomic E-state index is 9.83. The fourth-order valence-electron chi connectivity index (χ4n) is 2.97. The molecule has 0 aromatic heterocycles. The molecule has 2 nitrogen and oxygen atoms in total. The van der Waals surface area contributed by atoms with Crippen LogP contribution in [-0.2, 0) is 0 Å². The first-order valence-corrected chi connectivity index (χ1v) is 6.20. The molecule has 82 valence electrons. The highest BCUT2D eigenvalue weighted by molar-refractivity contribution is 4.86. The van der Waals surface area contributed by atoms with Crippen molar-refractivity contribution in [3.05, 3.63) is 0 Å². The molecule has 2 fully saturated rings. The van der Waals surface area contributed by atoms with Crippen LogP contribution in [0.1, 0.15) is 51.9 Å². The van der Waals surface area contributed by atoms with Crippen molar-refractivity contribution in [3.8, 4) is 0 Å². The summed E-state index contributed by atoms with van der Waals surface area (Å²) >= 11 is 0. The van der Waals surface area contributed by atoms with Crippen molar-refractivity contribution in [1.29, 1.82) is 0 Å². The summed E-state index contributed by atoms with van der Waals surface area (Å²) in [5.41, 5.74) is 0. The highest BCUT2D eigenvalue weighted by Gasteiger charge is 2.28. The Hall–Kier alpha value is -0.0800. The molecule has 0 aliphatic heterocycles. The van der Waals surface area contributed by atoms with E-state index in [-0.39, 0.29) is 6.10 Å². The summed E-state index contributed by atoms with van der Waals surface area (Å²) in [6.45, 7) is 2.33. The molecule has 0 bridgehead atoms. The lowest BCUT2D eigenvalue weighted by atomic mass is 9.92. The minimum absolute atomic E-state index is 0.0837. The summed E-state index contributed by atoms with van der Waals surface area (Å²) in [4.78, 5) is 0. The Kier molecular flexibility index (Phi) is 3.45. The number of rotatable bonds is 2. The predicted molar refractivity (Wildman–Crippen MR) is 58.2 cm³/mol. The van der Waals surface area contributed by atoms with E-state index in [4.69, 9.17) is 0 Å². The Morgan fingerprint density at radius 2 is 1.86 bits per heavy atom. The van der Waals surface area contributed by atoms with E-state index in [1.54, 1.807) is 0 Å². The van der Waals surface area contributed by atoms with Gasteiger partial charge in [-0.05, 0) is 38.0 Å². The van der Waals surface area contributed by atoms with Crippen LogP contribution < -0.4 is 5.32 Å². The van der Waals surface area contributed by atoms with E-state index in [1.807, 2.05) is 0 Å². The van der Waals surface area contributed by atoms with Crippen LogP contribution in [0.25, 0.3) is 0 Å². The van der Waals surface area contributed by atoms with Crippen molar-refractivity contribution >= 4 is 0 Å². The number of aliphatic hydroxyl groups excluding tert-OH is 1. The standard InChI is InChI=1S/C12H23NO/c1-9-6-7-10(8-9)13-11-4-2-3-5-12(11)14/h9-14H,2-8H2,1H3/t9-,10+,11+,12-/m1/s1. The van der Waals surface area contributed by atoms with Crippen LogP contribution in [0, 0.1) is 5.92 Å². The number of hydrogen-bond donors (Lipinski definition) is 2. The minimum Gasteiger partial charge on any atom is -0.392 e. The Morgan fingerprint density at radius 3 is 2.50 bits per heavy atom. The van der Waals surface area contributed by atoms with E-state index in [2.05, 4.69) is 12.2 Å². The molecule has 2 aliphatic rings. The van der Waals surface area contributed by atoms with Gasteiger partial charge in [0.05, 0.1) is 6.10 Å². The van der Waals surface area contributed by atoms with Gasteiger partial charge in [-0.2, -0.15) is 0 Å². The second-order valence-corrected chi connectivity index (χ2v) is 5.24. The Bertz CT molecular complexity index is 183. The van der Waals surface area contributed by atoms with Gasteiger partial charge in [-0.25, -0.2) is 0 Å². The Labute approximate surface area is 87.1 Å². The molecule has 0 heterocycles. The van der Waals surface area contributed by atoms with Crippen LogP contribution in [0.15, 0.2) is 0 Å². The number of nitrogens with one attached hydrogen (secondary N) is 1.